The first-order chi connectivity index (χ1) is 14.0. The van der Waals surface area contributed by atoms with E-state index in [1.165, 1.54) is 25.1 Å². The fourth-order valence-electron chi connectivity index (χ4n) is 3.30. The van der Waals surface area contributed by atoms with Gasteiger partial charge in [0.25, 0.3) is 5.91 Å². The van der Waals surface area contributed by atoms with Crippen LogP contribution in [0.4, 0.5) is 10.1 Å². The Balaban J connectivity index is 1.65. The van der Waals surface area contributed by atoms with Crippen LogP contribution in [0, 0.1) is 5.82 Å². The molecule has 0 bridgehead atoms. The smallest absolute Gasteiger partial charge is 0.340 e. The quantitative estimate of drug-likeness (QED) is 0.381. The maximum Gasteiger partial charge on any atom is 0.340 e. The van der Waals surface area contributed by atoms with E-state index in [0.29, 0.717) is 5.56 Å². The summed E-state index contributed by atoms with van der Waals surface area (Å²) in [5.41, 5.74) is 0.445. The summed E-state index contributed by atoms with van der Waals surface area (Å²) in [5, 5.41) is 5.75. The highest BCUT2D eigenvalue weighted by atomic mass is 19.1. The molecule has 144 valence electrons. The third kappa shape index (κ3) is 3.67. The van der Waals surface area contributed by atoms with E-state index in [2.05, 4.69) is 5.32 Å². The Morgan fingerprint density at radius 1 is 0.862 bits per heavy atom. The predicted molar refractivity (Wildman–Crippen MR) is 111 cm³/mol. The van der Waals surface area contributed by atoms with Crippen LogP contribution in [0.2, 0.25) is 0 Å². The topological polar surface area (TPSA) is 55.4 Å². The van der Waals surface area contributed by atoms with Gasteiger partial charge in [0.1, 0.15) is 5.82 Å². The van der Waals surface area contributed by atoms with Gasteiger partial charge < -0.3 is 10.1 Å². The van der Waals surface area contributed by atoms with Gasteiger partial charge in [0, 0.05) is 0 Å². The van der Waals surface area contributed by atoms with Gasteiger partial charge >= 0.3 is 5.97 Å². The van der Waals surface area contributed by atoms with Crippen molar-refractivity contribution in [2.24, 2.45) is 0 Å². The number of hydrogen-bond acceptors (Lipinski definition) is 3. The summed E-state index contributed by atoms with van der Waals surface area (Å²) < 4.78 is 19.2. The van der Waals surface area contributed by atoms with Crippen molar-refractivity contribution >= 4 is 39.1 Å². The number of hydrogen-bond donors (Lipinski definition) is 1. The van der Waals surface area contributed by atoms with Gasteiger partial charge in [-0.2, -0.15) is 0 Å². The minimum absolute atomic E-state index is 0.0380. The van der Waals surface area contributed by atoms with Crippen LogP contribution in [0.3, 0.4) is 0 Å². The maximum atomic E-state index is 13.8. The van der Waals surface area contributed by atoms with Crippen LogP contribution < -0.4 is 5.32 Å². The van der Waals surface area contributed by atoms with Gasteiger partial charge in [0.15, 0.2) is 6.10 Å². The summed E-state index contributed by atoms with van der Waals surface area (Å²) in [5.74, 6) is -1.76. The zero-order valence-electron chi connectivity index (χ0n) is 15.7. The number of nitrogens with one attached hydrogen (secondary N) is 1. The summed E-state index contributed by atoms with van der Waals surface area (Å²) in [6.45, 7) is 1.46. The van der Waals surface area contributed by atoms with Crippen molar-refractivity contribution in [3.05, 3.63) is 90.2 Å². The van der Waals surface area contributed by atoms with Gasteiger partial charge in [-0.3, -0.25) is 4.79 Å². The van der Waals surface area contributed by atoms with Crippen molar-refractivity contribution in [1.82, 2.24) is 0 Å². The average molecular weight is 387 g/mol. The second-order valence-corrected chi connectivity index (χ2v) is 6.71. The Bertz CT molecular complexity index is 1180. The molecular formula is C24H18FNO3. The Morgan fingerprint density at radius 3 is 2.03 bits per heavy atom. The van der Waals surface area contributed by atoms with Gasteiger partial charge in [-0.15, -0.1) is 0 Å². The lowest BCUT2D eigenvalue weighted by Gasteiger charge is -2.16. The minimum atomic E-state index is -1.10. The van der Waals surface area contributed by atoms with Crippen LogP contribution >= 0.6 is 0 Å². The molecule has 0 fully saturated rings. The summed E-state index contributed by atoms with van der Waals surface area (Å²) in [6.07, 6.45) is -1.10. The molecule has 4 aromatic carbocycles. The van der Waals surface area contributed by atoms with Crippen LogP contribution in [-0.4, -0.2) is 18.0 Å². The molecule has 5 heteroatoms. The molecule has 4 nitrogen and oxygen atoms in total. The molecule has 0 aliphatic heterocycles. The van der Waals surface area contributed by atoms with E-state index < -0.39 is 23.8 Å². The highest BCUT2D eigenvalue weighted by molar-refractivity contribution is 6.17. The van der Waals surface area contributed by atoms with Gasteiger partial charge in [-0.1, -0.05) is 60.7 Å². The number of para-hydroxylation sites is 1. The number of carbonyl (C=O) groups excluding carboxylic acids is 2. The largest absolute Gasteiger partial charge is 0.449 e. The maximum absolute atomic E-state index is 13.8. The first kappa shape index (κ1) is 18.6. The standard InChI is InChI=1S/C24H18FNO3/c1-15(23(27)26-21-13-7-6-12-20(21)25)29-24(28)22-18-10-4-2-8-16(18)14-17-9-3-5-11-19(17)22/h2-15H,1H3,(H,26,27)/t15-/m0/s1. The summed E-state index contributed by atoms with van der Waals surface area (Å²) in [7, 11) is 0. The molecule has 0 aromatic heterocycles. The van der Waals surface area contributed by atoms with Gasteiger partial charge in [-0.25, -0.2) is 9.18 Å². The number of ether oxygens (including phenoxy) is 1. The number of anilines is 1. The van der Waals surface area contributed by atoms with E-state index in [1.807, 2.05) is 54.6 Å². The Labute approximate surface area is 166 Å². The predicted octanol–water partition coefficient (Wildman–Crippen LogP) is 5.32. The first-order valence-electron chi connectivity index (χ1n) is 9.21. The lowest BCUT2D eigenvalue weighted by atomic mass is 9.97. The lowest BCUT2D eigenvalue weighted by molar-refractivity contribution is -0.123. The van der Waals surface area contributed by atoms with Crippen molar-refractivity contribution < 1.29 is 18.7 Å². The molecule has 4 aromatic rings. The van der Waals surface area contributed by atoms with Crippen LogP contribution in [0.5, 0.6) is 0 Å². The van der Waals surface area contributed by atoms with Crippen LogP contribution in [-0.2, 0) is 9.53 Å². The fraction of sp³-hybridized carbons (Fsp3) is 0.0833. The molecule has 0 unspecified atom stereocenters. The molecule has 0 radical (unpaired) electrons. The second kappa shape index (κ2) is 7.72. The number of benzene rings is 4. The van der Waals surface area contributed by atoms with Gasteiger partial charge in [0.05, 0.1) is 11.3 Å². The molecule has 1 N–H and O–H groups in total. The Hall–Kier alpha value is -3.73. The highest BCUT2D eigenvalue weighted by Crippen LogP contribution is 2.29. The molecule has 0 saturated heterocycles. The van der Waals surface area contributed by atoms with E-state index in [-0.39, 0.29) is 5.69 Å². The first-order valence-corrected chi connectivity index (χ1v) is 9.21. The Morgan fingerprint density at radius 2 is 1.41 bits per heavy atom. The van der Waals surface area contributed by atoms with Gasteiger partial charge in [-0.05, 0) is 46.7 Å². The Kier molecular flexibility index (Phi) is 4.96. The molecular weight excluding hydrogens is 369 g/mol. The summed E-state index contributed by atoms with van der Waals surface area (Å²) >= 11 is 0. The second-order valence-electron chi connectivity index (χ2n) is 6.71. The van der Waals surface area contributed by atoms with Crippen molar-refractivity contribution in [3.63, 3.8) is 0 Å². The molecule has 0 saturated carbocycles. The fourth-order valence-corrected chi connectivity index (χ4v) is 3.30. The normalized spacial score (nSPS) is 11.9. The monoisotopic (exact) mass is 387 g/mol. The van der Waals surface area contributed by atoms with E-state index in [0.717, 1.165) is 21.5 Å². The summed E-state index contributed by atoms with van der Waals surface area (Å²) in [6, 6.07) is 22.9. The minimum Gasteiger partial charge on any atom is -0.449 e. The third-order valence-corrected chi connectivity index (χ3v) is 4.76. The van der Waals surface area contributed by atoms with Crippen LogP contribution in [0.25, 0.3) is 21.5 Å². The van der Waals surface area contributed by atoms with E-state index in [1.54, 1.807) is 6.07 Å². The molecule has 1 atom stereocenters. The molecule has 0 aliphatic carbocycles. The van der Waals surface area contributed by atoms with Crippen molar-refractivity contribution in [1.29, 1.82) is 0 Å². The number of carbonyl (C=O) groups is 2. The number of halogens is 1. The summed E-state index contributed by atoms with van der Waals surface area (Å²) in [4.78, 5) is 25.4. The van der Waals surface area contributed by atoms with E-state index in [4.69, 9.17) is 4.74 Å². The molecule has 4 rings (SSSR count). The number of fused-ring (bicyclic) bond motifs is 2. The number of rotatable bonds is 4. The van der Waals surface area contributed by atoms with Crippen LogP contribution in [0.15, 0.2) is 78.9 Å². The molecule has 1 amide bonds. The number of amides is 1. The zero-order chi connectivity index (χ0) is 20.4. The molecule has 0 heterocycles. The molecule has 29 heavy (non-hydrogen) atoms. The molecule has 0 aliphatic rings. The van der Waals surface area contributed by atoms with Crippen molar-refractivity contribution in [2.45, 2.75) is 13.0 Å². The van der Waals surface area contributed by atoms with E-state index in [9.17, 15) is 14.0 Å². The lowest BCUT2D eigenvalue weighted by Crippen LogP contribution is -2.30. The number of esters is 1. The SMILES string of the molecule is C[C@H](OC(=O)c1c2ccccc2cc2ccccc12)C(=O)Nc1ccccc1F. The van der Waals surface area contributed by atoms with Crippen LogP contribution in [0.1, 0.15) is 17.3 Å². The highest BCUT2D eigenvalue weighted by Gasteiger charge is 2.23. The van der Waals surface area contributed by atoms with Gasteiger partial charge in [0.2, 0.25) is 0 Å². The third-order valence-electron chi connectivity index (χ3n) is 4.76. The van der Waals surface area contributed by atoms with Crippen molar-refractivity contribution in [2.75, 3.05) is 5.32 Å². The average Bonchev–Trinajstić information content (AvgIpc) is 2.73. The zero-order valence-corrected chi connectivity index (χ0v) is 15.7. The van der Waals surface area contributed by atoms with Crippen molar-refractivity contribution in [3.8, 4) is 0 Å². The molecule has 0 spiro atoms. The van der Waals surface area contributed by atoms with E-state index >= 15 is 0 Å².